The van der Waals surface area contributed by atoms with Crippen molar-refractivity contribution < 1.29 is 9.53 Å². The number of hydrogen-bond donors (Lipinski definition) is 1. The number of halogens is 2. The van der Waals surface area contributed by atoms with E-state index in [9.17, 15) is 4.79 Å². The quantitative estimate of drug-likeness (QED) is 0.897. The van der Waals surface area contributed by atoms with Crippen molar-refractivity contribution in [3.05, 3.63) is 37.2 Å². The number of aromatic nitrogens is 2. The molecule has 1 aliphatic rings. The van der Waals surface area contributed by atoms with Crippen molar-refractivity contribution in [2.24, 2.45) is 0 Å². The molecule has 2 aromatic rings. The molecule has 1 aromatic carbocycles. The standard InChI is InChI=1S/C12H9BrClN3O2S/c13-8-3-6-1-2-19-9(6)7(4-8)5-15-10(18)11-16-17-12(14)20-11/h3-4H,1-2,5H2,(H,15,18). The van der Waals surface area contributed by atoms with Crippen LogP contribution in [0.5, 0.6) is 5.75 Å². The SMILES string of the molecule is O=C(NCc1cc(Br)cc2c1OCC2)c1nnc(Cl)s1. The van der Waals surface area contributed by atoms with Crippen molar-refractivity contribution in [3.63, 3.8) is 0 Å². The first-order valence-electron chi connectivity index (χ1n) is 5.85. The minimum Gasteiger partial charge on any atom is -0.493 e. The molecule has 0 spiro atoms. The summed E-state index contributed by atoms with van der Waals surface area (Å²) in [5.74, 6) is 0.574. The maximum atomic E-state index is 11.9. The zero-order valence-corrected chi connectivity index (χ0v) is 13.3. The molecule has 104 valence electrons. The summed E-state index contributed by atoms with van der Waals surface area (Å²) in [5, 5.41) is 10.4. The molecule has 1 aromatic heterocycles. The van der Waals surface area contributed by atoms with Gasteiger partial charge in [0.25, 0.3) is 5.91 Å². The van der Waals surface area contributed by atoms with Crippen LogP contribution in [-0.2, 0) is 13.0 Å². The van der Waals surface area contributed by atoms with E-state index in [1.165, 1.54) is 0 Å². The number of carbonyl (C=O) groups is 1. The van der Waals surface area contributed by atoms with Gasteiger partial charge in [-0.15, -0.1) is 10.2 Å². The fourth-order valence-corrected chi connectivity index (χ4v) is 3.32. The number of hydrogen-bond acceptors (Lipinski definition) is 5. The second kappa shape index (κ2) is 5.67. The van der Waals surface area contributed by atoms with Crippen LogP contribution in [0.4, 0.5) is 0 Å². The van der Waals surface area contributed by atoms with Crippen LogP contribution in [0.25, 0.3) is 0 Å². The molecule has 8 heteroatoms. The first kappa shape index (κ1) is 13.8. The van der Waals surface area contributed by atoms with Gasteiger partial charge in [-0.1, -0.05) is 27.3 Å². The van der Waals surface area contributed by atoms with Crippen molar-refractivity contribution in [3.8, 4) is 5.75 Å². The predicted octanol–water partition coefficient (Wildman–Crippen LogP) is 2.82. The Hall–Kier alpha value is -1.18. The maximum Gasteiger partial charge on any atom is 0.282 e. The minimum atomic E-state index is -0.291. The second-order valence-corrected chi connectivity index (χ2v) is 6.67. The molecule has 1 amide bonds. The molecular formula is C12H9BrClN3O2S. The van der Waals surface area contributed by atoms with E-state index in [4.69, 9.17) is 16.3 Å². The number of benzene rings is 1. The number of rotatable bonds is 3. The lowest BCUT2D eigenvalue weighted by Gasteiger charge is -2.09. The predicted molar refractivity (Wildman–Crippen MR) is 79.4 cm³/mol. The van der Waals surface area contributed by atoms with Crippen LogP contribution < -0.4 is 10.1 Å². The van der Waals surface area contributed by atoms with Gasteiger partial charge < -0.3 is 10.1 Å². The lowest BCUT2D eigenvalue weighted by molar-refractivity contribution is 0.0949. The number of nitrogens with zero attached hydrogens (tertiary/aromatic N) is 2. The monoisotopic (exact) mass is 373 g/mol. The zero-order valence-electron chi connectivity index (χ0n) is 10.2. The summed E-state index contributed by atoms with van der Waals surface area (Å²) in [5.41, 5.74) is 2.10. The summed E-state index contributed by atoms with van der Waals surface area (Å²) >= 11 is 10.2. The van der Waals surface area contributed by atoms with Gasteiger partial charge in [0.2, 0.25) is 9.47 Å². The van der Waals surface area contributed by atoms with Gasteiger partial charge in [-0.05, 0) is 29.3 Å². The van der Waals surface area contributed by atoms with Gasteiger partial charge in [0.1, 0.15) is 5.75 Å². The van der Waals surface area contributed by atoms with Crippen molar-refractivity contribution in [2.75, 3.05) is 6.61 Å². The molecule has 0 fully saturated rings. The summed E-state index contributed by atoms with van der Waals surface area (Å²) < 4.78 is 6.84. The third-order valence-corrected chi connectivity index (χ3v) is 4.33. The van der Waals surface area contributed by atoms with Gasteiger partial charge in [-0.25, -0.2) is 0 Å². The Morgan fingerprint density at radius 1 is 1.50 bits per heavy atom. The first-order chi connectivity index (χ1) is 9.63. The van der Waals surface area contributed by atoms with Crippen molar-refractivity contribution in [1.82, 2.24) is 15.5 Å². The number of amides is 1. The Labute approximate surface area is 132 Å². The molecule has 0 saturated carbocycles. The van der Waals surface area contributed by atoms with E-state index in [1.54, 1.807) is 0 Å². The smallest absolute Gasteiger partial charge is 0.282 e. The summed E-state index contributed by atoms with van der Waals surface area (Å²) in [6.07, 6.45) is 0.891. The van der Waals surface area contributed by atoms with E-state index in [-0.39, 0.29) is 15.4 Å². The van der Waals surface area contributed by atoms with Crippen LogP contribution in [0.1, 0.15) is 20.9 Å². The third kappa shape index (κ3) is 2.79. The highest BCUT2D eigenvalue weighted by Gasteiger charge is 2.18. The molecule has 1 aliphatic heterocycles. The Morgan fingerprint density at radius 2 is 2.35 bits per heavy atom. The minimum absolute atomic E-state index is 0.252. The van der Waals surface area contributed by atoms with E-state index in [2.05, 4.69) is 31.4 Å². The molecule has 0 bridgehead atoms. The Morgan fingerprint density at radius 3 is 3.10 bits per heavy atom. The Bertz CT molecular complexity index is 677. The van der Waals surface area contributed by atoms with Gasteiger partial charge in [-0.3, -0.25) is 4.79 Å². The normalized spacial score (nSPS) is 12.9. The largest absolute Gasteiger partial charge is 0.493 e. The second-order valence-electron chi connectivity index (χ2n) is 4.19. The topological polar surface area (TPSA) is 64.1 Å². The fraction of sp³-hybridized carbons (Fsp3) is 0.250. The molecule has 0 aliphatic carbocycles. The van der Waals surface area contributed by atoms with E-state index < -0.39 is 0 Å². The zero-order chi connectivity index (χ0) is 14.1. The highest BCUT2D eigenvalue weighted by atomic mass is 79.9. The third-order valence-electron chi connectivity index (χ3n) is 2.86. The summed E-state index contributed by atoms with van der Waals surface area (Å²) in [4.78, 5) is 11.9. The van der Waals surface area contributed by atoms with Crippen molar-refractivity contribution >= 4 is 44.8 Å². The van der Waals surface area contributed by atoms with Gasteiger partial charge in [0.15, 0.2) is 0 Å². The first-order valence-corrected chi connectivity index (χ1v) is 7.83. The van der Waals surface area contributed by atoms with Crippen LogP contribution >= 0.6 is 38.9 Å². The van der Waals surface area contributed by atoms with Crippen LogP contribution in [0.15, 0.2) is 16.6 Å². The van der Waals surface area contributed by atoms with E-state index in [0.717, 1.165) is 39.1 Å². The highest BCUT2D eigenvalue weighted by Crippen LogP contribution is 2.32. The molecule has 0 radical (unpaired) electrons. The average Bonchev–Trinajstić information content (AvgIpc) is 3.03. The van der Waals surface area contributed by atoms with Crippen LogP contribution in [0.2, 0.25) is 4.47 Å². The lowest BCUT2D eigenvalue weighted by Crippen LogP contribution is -2.23. The molecule has 2 heterocycles. The van der Waals surface area contributed by atoms with Gasteiger partial charge in [-0.2, -0.15) is 0 Å². The van der Waals surface area contributed by atoms with Gasteiger partial charge in [0, 0.05) is 23.0 Å². The molecule has 3 rings (SSSR count). The fourth-order valence-electron chi connectivity index (χ4n) is 2.03. The Balaban J connectivity index is 1.74. The average molecular weight is 375 g/mol. The number of nitrogens with one attached hydrogen (secondary N) is 1. The maximum absolute atomic E-state index is 11.9. The van der Waals surface area contributed by atoms with E-state index in [0.29, 0.717) is 13.2 Å². The molecule has 0 atom stereocenters. The van der Waals surface area contributed by atoms with Crippen molar-refractivity contribution in [2.45, 2.75) is 13.0 Å². The van der Waals surface area contributed by atoms with Gasteiger partial charge in [0.05, 0.1) is 6.61 Å². The number of ether oxygens (including phenoxy) is 1. The van der Waals surface area contributed by atoms with Crippen LogP contribution in [0.3, 0.4) is 0 Å². The lowest BCUT2D eigenvalue weighted by atomic mass is 10.1. The molecular weight excluding hydrogens is 366 g/mol. The summed E-state index contributed by atoms with van der Waals surface area (Å²) in [6.45, 7) is 1.05. The number of carbonyl (C=O) groups excluding carboxylic acids is 1. The Kier molecular flexibility index (Phi) is 3.91. The summed E-state index contributed by atoms with van der Waals surface area (Å²) in [6, 6.07) is 3.98. The van der Waals surface area contributed by atoms with E-state index >= 15 is 0 Å². The molecule has 5 nitrogen and oxygen atoms in total. The van der Waals surface area contributed by atoms with Gasteiger partial charge >= 0.3 is 0 Å². The molecule has 1 N–H and O–H groups in total. The van der Waals surface area contributed by atoms with E-state index in [1.807, 2.05) is 12.1 Å². The highest BCUT2D eigenvalue weighted by molar-refractivity contribution is 9.10. The van der Waals surface area contributed by atoms with Crippen LogP contribution in [-0.4, -0.2) is 22.7 Å². The number of fused-ring (bicyclic) bond motifs is 1. The molecule has 20 heavy (non-hydrogen) atoms. The molecule has 0 saturated heterocycles. The van der Waals surface area contributed by atoms with Crippen molar-refractivity contribution in [1.29, 1.82) is 0 Å². The molecule has 0 unspecified atom stereocenters. The summed E-state index contributed by atoms with van der Waals surface area (Å²) in [7, 11) is 0. The van der Waals surface area contributed by atoms with Crippen LogP contribution in [0, 0.1) is 0 Å².